The third-order valence-electron chi connectivity index (χ3n) is 5.99. The number of ether oxygens (including phenoxy) is 2. The number of aryl methyl sites for hydroxylation is 1. The van der Waals surface area contributed by atoms with Crippen LogP contribution in [0.2, 0.25) is 0 Å². The number of anilines is 1. The summed E-state index contributed by atoms with van der Waals surface area (Å²) in [6.07, 6.45) is 7.19. The van der Waals surface area contributed by atoms with E-state index in [0.29, 0.717) is 13.2 Å². The van der Waals surface area contributed by atoms with Gasteiger partial charge in [0.2, 0.25) is 0 Å². The van der Waals surface area contributed by atoms with E-state index in [1.807, 2.05) is 36.7 Å². The summed E-state index contributed by atoms with van der Waals surface area (Å²) in [5.41, 5.74) is 8.30. The Balaban J connectivity index is 1.53. The molecule has 33 heavy (non-hydrogen) atoms. The van der Waals surface area contributed by atoms with Crippen LogP contribution < -0.4 is 14.4 Å². The molecule has 1 aliphatic heterocycles. The summed E-state index contributed by atoms with van der Waals surface area (Å²) >= 11 is 0. The first kappa shape index (κ1) is 21.0. The second-order valence-electron chi connectivity index (χ2n) is 8.24. The van der Waals surface area contributed by atoms with Gasteiger partial charge in [0.25, 0.3) is 0 Å². The molecule has 2 aromatic heterocycles. The van der Waals surface area contributed by atoms with Gasteiger partial charge in [-0.05, 0) is 54.8 Å². The summed E-state index contributed by atoms with van der Waals surface area (Å²) in [5, 5.41) is 0. The number of fused-ring (bicyclic) bond motifs is 3. The standard InChI is InChI=1S/C28H27N3O2/c1-3-31-17-23-13-26(32-18-21-8-5-11-29-15-21)27(33-19-22-9-6-12-30-16-22)14-25(23)24-10-4-7-20(2)28(24)31/h4-16H,3,17-19H2,1-2H3. The number of nitrogens with zero attached hydrogens (tertiary/aromatic N) is 3. The van der Waals surface area contributed by atoms with Crippen LogP contribution in [0, 0.1) is 6.92 Å². The van der Waals surface area contributed by atoms with E-state index in [-0.39, 0.29) is 0 Å². The maximum atomic E-state index is 6.28. The van der Waals surface area contributed by atoms with Crippen molar-refractivity contribution >= 4 is 5.69 Å². The van der Waals surface area contributed by atoms with Crippen LogP contribution in [0.25, 0.3) is 11.1 Å². The van der Waals surface area contributed by atoms with Crippen molar-refractivity contribution < 1.29 is 9.47 Å². The minimum absolute atomic E-state index is 0.428. The third-order valence-corrected chi connectivity index (χ3v) is 5.99. The lowest BCUT2D eigenvalue weighted by Crippen LogP contribution is -2.27. The molecule has 5 nitrogen and oxygen atoms in total. The lowest BCUT2D eigenvalue weighted by Gasteiger charge is -2.34. The Bertz CT molecular complexity index is 1240. The SMILES string of the molecule is CCN1Cc2cc(OCc3cccnc3)c(OCc3cccnc3)cc2-c2cccc(C)c21. The maximum absolute atomic E-state index is 6.28. The van der Waals surface area contributed by atoms with Crippen molar-refractivity contribution in [2.75, 3.05) is 11.4 Å². The van der Waals surface area contributed by atoms with Gasteiger partial charge < -0.3 is 14.4 Å². The lowest BCUT2D eigenvalue weighted by molar-refractivity contribution is 0.255. The molecule has 0 aliphatic carbocycles. The Hall–Kier alpha value is -3.86. The maximum Gasteiger partial charge on any atom is 0.162 e. The smallest absolute Gasteiger partial charge is 0.162 e. The summed E-state index contributed by atoms with van der Waals surface area (Å²) in [5.74, 6) is 1.48. The highest BCUT2D eigenvalue weighted by molar-refractivity contribution is 5.86. The molecule has 4 aromatic rings. The van der Waals surface area contributed by atoms with Gasteiger partial charge in [-0.1, -0.05) is 30.3 Å². The molecule has 0 amide bonds. The highest BCUT2D eigenvalue weighted by Gasteiger charge is 2.25. The molecule has 0 saturated heterocycles. The summed E-state index contributed by atoms with van der Waals surface area (Å²) in [4.78, 5) is 10.8. The first-order chi connectivity index (χ1) is 16.2. The quantitative estimate of drug-likeness (QED) is 0.358. The second kappa shape index (κ2) is 9.33. The highest BCUT2D eigenvalue weighted by Crippen LogP contribution is 2.45. The number of hydrogen-bond donors (Lipinski definition) is 0. The van der Waals surface area contributed by atoms with Crippen molar-refractivity contribution in [1.82, 2.24) is 9.97 Å². The van der Waals surface area contributed by atoms with Crippen LogP contribution in [0.3, 0.4) is 0 Å². The zero-order valence-corrected chi connectivity index (χ0v) is 19.0. The number of rotatable bonds is 7. The molecule has 0 atom stereocenters. The van der Waals surface area contributed by atoms with E-state index in [9.17, 15) is 0 Å². The van der Waals surface area contributed by atoms with Gasteiger partial charge in [0.1, 0.15) is 13.2 Å². The predicted octanol–water partition coefficient (Wildman–Crippen LogP) is 5.95. The van der Waals surface area contributed by atoms with Crippen molar-refractivity contribution in [3.63, 3.8) is 0 Å². The topological polar surface area (TPSA) is 47.5 Å². The van der Waals surface area contributed by atoms with Gasteiger partial charge >= 0.3 is 0 Å². The molecule has 166 valence electrons. The number of para-hydroxylation sites is 1. The molecule has 2 aromatic carbocycles. The number of benzene rings is 2. The van der Waals surface area contributed by atoms with Gasteiger partial charge in [0.05, 0.1) is 0 Å². The molecule has 3 heterocycles. The van der Waals surface area contributed by atoms with Crippen LogP contribution in [-0.4, -0.2) is 16.5 Å². The fourth-order valence-electron chi connectivity index (χ4n) is 4.35. The van der Waals surface area contributed by atoms with Gasteiger partial charge in [0, 0.05) is 60.3 Å². The van der Waals surface area contributed by atoms with Gasteiger partial charge in [-0.2, -0.15) is 0 Å². The Kier molecular flexibility index (Phi) is 5.94. The number of pyridine rings is 2. The van der Waals surface area contributed by atoms with Crippen LogP contribution in [0.4, 0.5) is 5.69 Å². The minimum atomic E-state index is 0.428. The van der Waals surface area contributed by atoms with Gasteiger partial charge in [-0.25, -0.2) is 0 Å². The first-order valence-electron chi connectivity index (χ1n) is 11.3. The zero-order valence-electron chi connectivity index (χ0n) is 19.0. The van der Waals surface area contributed by atoms with Gasteiger partial charge in [-0.3, -0.25) is 9.97 Å². The normalized spacial score (nSPS) is 12.1. The van der Waals surface area contributed by atoms with Crippen LogP contribution in [0.15, 0.2) is 79.4 Å². The molecule has 1 aliphatic rings. The third kappa shape index (κ3) is 4.40. The summed E-state index contributed by atoms with van der Waals surface area (Å²) in [6, 6.07) is 18.6. The largest absolute Gasteiger partial charge is 0.485 e. The Morgan fingerprint density at radius 1 is 0.818 bits per heavy atom. The van der Waals surface area contributed by atoms with Crippen molar-refractivity contribution in [3.8, 4) is 22.6 Å². The molecular formula is C28H27N3O2. The Labute approximate surface area is 194 Å². The first-order valence-corrected chi connectivity index (χ1v) is 11.3. The van der Waals surface area contributed by atoms with Crippen molar-refractivity contribution in [3.05, 3.63) is 102 Å². The fraction of sp³-hybridized carbons (Fsp3) is 0.214. The van der Waals surface area contributed by atoms with E-state index >= 15 is 0 Å². The van der Waals surface area contributed by atoms with E-state index < -0.39 is 0 Å². The Morgan fingerprint density at radius 3 is 2.09 bits per heavy atom. The van der Waals surface area contributed by atoms with E-state index in [4.69, 9.17) is 9.47 Å². The molecule has 0 unspecified atom stereocenters. The molecule has 5 heteroatoms. The van der Waals surface area contributed by atoms with Crippen molar-refractivity contribution in [1.29, 1.82) is 0 Å². The van der Waals surface area contributed by atoms with Crippen LogP contribution >= 0.6 is 0 Å². The van der Waals surface area contributed by atoms with Crippen LogP contribution in [0.1, 0.15) is 29.2 Å². The average Bonchev–Trinajstić information content (AvgIpc) is 2.87. The number of hydrogen-bond acceptors (Lipinski definition) is 5. The summed E-state index contributed by atoms with van der Waals surface area (Å²) < 4.78 is 12.5. The average molecular weight is 438 g/mol. The number of aromatic nitrogens is 2. The molecule has 0 bridgehead atoms. The molecular weight excluding hydrogens is 410 g/mol. The monoisotopic (exact) mass is 437 g/mol. The summed E-state index contributed by atoms with van der Waals surface area (Å²) in [6.45, 7) is 7.03. The second-order valence-corrected chi connectivity index (χ2v) is 8.24. The molecule has 0 saturated carbocycles. The van der Waals surface area contributed by atoms with E-state index in [1.54, 1.807) is 12.4 Å². The molecule has 0 fully saturated rings. The molecule has 0 N–H and O–H groups in total. The van der Waals surface area contributed by atoms with Crippen LogP contribution in [0.5, 0.6) is 11.5 Å². The fourth-order valence-corrected chi connectivity index (χ4v) is 4.35. The van der Waals surface area contributed by atoms with E-state index in [2.05, 4.69) is 59.0 Å². The minimum Gasteiger partial charge on any atom is -0.485 e. The van der Waals surface area contributed by atoms with Gasteiger partial charge in [-0.15, -0.1) is 0 Å². The summed E-state index contributed by atoms with van der Waals surface area (Å²) in [7, 11) is 0. The highest BCUT2D eigenvalue weighted by atomic mass is 16.5. The predicted molar refractivity (Wildman–Crippen MR) is 130 cm³/mol. The molecule has 0 spiro atoms. The van der Waals surface area contributed by atoms with E-state index in [0.717, 1.165) is 35.7 Å². The zero-order chi connectivity index (χ0) is 22.6. The molecule has 0 radical (unpaired) electrons. The van der Waals surface area contributed by atoms with Crippen molar-refractivity contribution in [2.45, 2.75) is 33.6 Å². The van der Waals surface area contributed by atoms with E-state index in [1.165, 1.54) is 27.9 Å². The van der Waals surface area contributed by atoms with Gasteiger partial charge in [0.15, 0.2) is 11.5 Å². The van der Waals surface area contributed by atoms with Crippen LogP contribution in [-0.2, 0) is 19.8 Å². The van der Waals surface area contributed by atoms with Crippen molar-refractivity contribution in [2.24, 2.45) is 0 Å². The lowest BCUT2D eigenvalue weighted by atomic mass is 9.91. The Morgan fingerprint density at radius 2 is 1.48 bits per heavy atom. The molecule has 5 rings (SSSR count).